The zero-order chi connectivity index (χ0) is 14.2. The normalized spacial score (nSPS) is 38.1. The standard InChI is InChI=1S/C14H23NO5/c1-2-5-13-8-18-14(19-9-13,20-10-13)11-3-6-15(7-4-11)12(16)17/h11H,2-10H2,1H3,(H,16,17). The molecule has 0 aliphatic carbocycles. The third-order valence-electron chi connectivity index (χ3n) is 4.78. The maximum Gasteiger partial charge on any atom is 0.407 e. The molecule has 0 unspecified atom stereocenters. The van der Waals surface area contributed by atoms with E-state index < -0.39 is 12.1 Å². The van der Waals surface area contributed by atoms with Gasteiger partial charge in [0.15, 0.2) is 0 Å². The molecule has 4 heterocycles. The number of piperidine rings is 1. The fraction of sp³-hybridized carbons (Fsp3) is 0.929. The second-order valence-corrected chi connectivity index (χ2v) is 6.26. The van der Waals surface area contributed by atoms with Crippen LogP contribution in [0.2, 0.25) is 0 Å². The van der Waals surface area contributed by atoms with Gasteiger partial charge < -0.3 is 24.2 Å². The summed E-state index contributed by atoms with van der Waals surface area (Å²) in [6.07, 6.45) is 2.76. The molecule has 0 spiro atoms. The van der Waals surface area contributed by atoms with Crippen LogP contribution in [-0.4, -0.2) is 55.0 Å². The Morgan fingerprint density at radius 1 is 1.20 bits per heavy atom. The molecule has 4 saturated heterocycles. The summed E-state index contributed by atoms with van der Waals surface area (Å²) >= 11 is 0. The monoisotopic (exact) mass is 285 g/mol. The van der Waals surface area contributed by atoms with Crippen LogP contribution in [-0.2, 0) is 14.2 Å². The highest BCUT2D eigenvalue weighted by atomic mass is 16.9. The summed E-state index contributed by atoms with van der Waals surface area (Å²) in [5.74, 6) is -0.793. The maximum atomic E-state index is 10.9. The van der Waals surface area contributed by atoms with Crippen molar-refractivity contribution in [2.45, 2.75) is 38.6 Å². The number of carbonyl (C=O) groups is 1. The summed E-state index contributed by atoms with van der Waals surface area (Å²) in [4.78, 5) is 12.4. The third-order valence-corrected chi connectivity index (χ3v) is 4.78. The van der Waals surface area contributed by atoms with E-state index in [9.17, 15) is 4.79 Å². The summed E-state index contributed by atoms with van der Waals surface area (Å²) in [6.45, 7) is 5.29. The number of hydrogen-bond donors (Lipinski definition) is 1. The Bertz CT molecular complexity index is 353. The molecule has 4 aliphatic heterocycles. The number of amides is 1. The van der Waals surface area contributed by atoms with E-state index in [0.717, 1.165) is 25.7 Å². The van der Waals surface area contributed by atoms with E-state index in [0.29, 0.717) is 32.9 Å². The van der Waals surface area contributed by atoms with Crippen LogP contribution in [0.15, 0.2) is 0 Å². The number of carboxylic acid groups (broad SMARTS) is 1. The highest BCUT2D eigenvalue weighted by Gasteiger charge is 2.56. The first-order valence-corrected chi connectivity index (χ1v) is 7.49. The second-order valence-electron chi connectivity index (χ2n) is 6.26. The van der Waals surface area contributed by atoms with Gasteiger partial charge in [-0.1, -0.05) is 13.3 Å². The minimum Gasteiger partial charge on any atom is -0.465 e. The van der Waals surface area contributed by atoms with E-state index in [1.807, 2.05) is 0 Å². The lowest BCUT2D eigenvalue weighted by Gasteiger charge is -2.55. The summed E-state index contributed by atoms with van der Waals surface area (Å²) in [7, 11) is 0. The van der Waals surface area contributed by atoms with Gasteiger partial charge in [0, 0.05) is 24.4 Å². The molecule has 0 atom stereocenters. The highest BCUT2D eigenvalue weighted by molar-refractivity contribution is 5.64. The summed E-state index contributed by atoms with van der Waals surface area (Å²) in [6, 6.07) is 0. The van der Waals surface area contributed by atoms with Gasteiger partial charge in [-0.05, 0) is 19.3 Å². The summed E-state index contributed by atoms with van der Waals surface area (Å²) < 4.78 is 17.8. The van der Waals surface area contributed by atoms with E-state index in [2.05, 4.69) is 6.92 Å². The SMILES string of the molecule is CCCC12COC(C3CCN(C(=O)O)CC3)(OC1)OC2. The Balaban J connectivity index is 1.61. The molecule has 6 nitrogen and oxygen atoms in total. The van der Waals surface area contributed by atoms with Crippen LogP contribution in [0.3, 0.4) is 0 Å². The molecule has 1 N–H and O–H groups in total. The van der Waals surface area contributed by atoms with E-state index >= 15 is 0 Å². The molecule has 0 radical (unpaired) electrons. The van der Waals surface area contributed by atoms with Gasteiger partial charge in [0.05, 0.1) is 19.8 Å². The molecule has 4 aliphatic rings. The number of nitrogens with zero attached hydrogens (tertiary/aromatic N) is 1. The van der Waals surface area contributed by atoms with Crippen molar-refractivity contribution in [2.24, 2.45) is 11.3 Å². The van der Waals surface area contributed by atoms with Crippen molar-refractivity contribution in [1.29, 1.82) is 0 Å². The van der Waals surface area contributed by atoms with E-state index in [1.54, 1.807) is 0 Å². The first-order chi connectivity index (χ1) is 9.59. The molecule has 6 heteroatoms. The number of ether oxygens (including phenoxy) is 3. The van der Waals surface area contributed by atoms with Crippen molar-refractivity contribution in [3.05, 3.63) is 0 Å². The fourth-order valence-corrected chi connectivity index (χ4v) is 3.54. The largest absolute Gasteiger partial charge is 0.465 e. The van der Waals surface area contributed by atoms with E-state index in [4.69, 9.17) is 19.3 Å². The average Bonchev–Trinajstić information content (AvgIpc) is 2.49. The smallest absolute Gasteiger partial charge is 0.407 e. The van der Waals surface area contributed by atoms with Gasteiger partial charge in [-0.25, -0.2) is 4.79 Å². The third kappa shape index (κ3) is 2.29. The van der Waals surface area contributed by atoms with Crippen LogP contribution in [0.25, 0.3) is 0 Å². The first-order valence-electron chi connectivity index (χ1n) is 7.49. The highest BCUT2D eigenvalue weighted by Crippen LogP contribution is 2.46. The summed E-state index contributed by atoms with van der Waals surface area (Å²) in [5, 5.41) is 8.99. The Labute approximate surface area is 119 Å². The molecule has 114 valence electrons. The lowest BCUT2D eigenvalue weighted by Crippen LogP contribution is -2.64. The van der Waals surface area contributed by atoms with Crippen LogP contribution in [0.4, 0.5) is 4.79 Å². The molecule has 0 saturated carbocycles. The number of fused-ring (bicyclic) bond motifs is 3. The predicted molar refractivity (Wildman–Crippen MR) is 70.2 cm³/mol. The van der Waals surface area contributed by atoms with Gasteiger partial charge in [-0.3, -0.25) is 0 Å². The zero-order valence-corrected chi connectivity index (χ0v) is 12.0. The maximum absolute atomic E-state index is 10.9. The average molecular weight is 285 g/mol. The van der Waals surface area contributed by atoms with E-state index in [1.165, 1.54) is 4.90 Å². The van der Waals surface area contributed by atoms with Crippen molar-refractivity contribution >= 4 is 6.09 Å². The predicted octanol–water partition coefficient (Wildman–Crippen LogP) is 1.89. The molecule has 20 heavy (non-hydrogen) atoms. The Morgan fingerprint density at radius 2 is 1.75 bits per heavy atom. The fourth-order valence-electron chi connectivity index (χ4n) is 3.54. The molecule has 2 bridgehead atoms. The molecule has 1 amide bonds. The van der Waals surface area contributed by atoms with Crippen LogP contribution >= 0.6 is 0 Å². The van der Waals surface area contributed by atoms with Crippen molar-refractivity contribution in [2.75, 3.05) is 32.9 Å². The Kier molecular flexibility index (Phi) is 3.64. The molecule has 0 aromatic heterocycles. The molecule has 4 fully saturated rings. The van der Waals surface area contributed by atoms with Crippen molar-refractivity contribution in [3.8, 4) is 0 Å². The van der Waals surface area contributed by atoms with Crippen molar-refractivity contribution in [1.82, 2.24) is 4.90 Å². The molecule has 0 aromatic carbocycles. The number of rotatable bonds is 3. The zero-order valence-electron chi connectivity index (χ0n) is 12.0. The van der Waals surface area contributed by atoms with Crippen LogP contribution in [0.5, 0.6) is 0 Å². The number of likely N-dealkylation sites (tertiary alicyclic amines) is 1. The topological polar surface area (TPSA) is 68.2 Å². The van der Waals surface area contributed by atoms with Crippen LogP contribution in [0, 0.1) is 11.3 Å². The minimum absolute atomic E-state index is 0.0261. The number of hydrogen-bond acceptors (Lipinski definition) is 4. The van der Waals surface area contributed by atoms with Crippen LogP contribution in [0.1, 0.15) is 32.6 Å². The van der Waals surface area contributed by atoms with Crippen molar-refractivity contribution in [3.63, 3.8) is 0 Å². The second kappa shape index (κ2) is 5.16. The summed E-state index contributed by atoms with van der Waals surface area (Å²) in [5.41, 5.74) is 0.0261. The molecule has 4 rings (SSSR count). The molecular weight excluding hydrogens is 262 g/mol. The van der Waals surface area contributed by atoms with E-state index in [-0.39, 0.29) is 11.3 Å². The quantitative estimate of drug-likeness (QED) is 0.857. The van der Waals surface area contributed by atoms with Gasteiger partial charge in [0.2, 0.25) is 0 Å². The first kappa shape index (κ1) is 14.1. The van der Waals surface area contributed by atoms with Gasteiger partial charge in [-0.2, -0.15) is 0 Å². The Hall–Kier alpha value is -0.850. The molecule has 0 aromatic rings. The minimum atomic E-state index is -0.917. The lowest BCUT2D eigenvalue weighted by atomic mass is 9.82. The van der Waals surface area contributed by atoms with Gasteiger partial charge in [0.1, 0.15) is 0 Å². The van der Waals surface area contributed by atoms with Gasteiger partial charge in [-0.15, -0.1) is 0 Å². The Morgan fingerprint density at radius 3 is 2.20 bits per heavy atom. The molecular formula is C14H23NO5. The lowest BCUT2D eigenvalue weighted by molar-refractivity contribution is -0.488. The van der Waals surface area contributed by atoms with Gasteiger partial charge >= 0.3 is 6.09 Å². The van der Waals surface area contributed by atoms with Gasteiger partial charge in [0.25, 0.3) is 5.97 Å². The van der Waals surface area contributed by atoms with Crippen LogP contribution < -0.4 is 0 Å². The van der Waals surface area contributed by atoms with Crippen molar-refractivity contribution < 1.29 is 24.1 Å².